The van der Waals surface area contributed by atoms with Crippen molar-refractivity contribution in [3.05, 3.63) is 97.2 Å². The van der Waals surface area contributed by atoms with Crippen LogP contribution in [0, 0.1) is 0 Å². The second-order valence-electron chi connectivity index (χ2n) is 25.3. The van der Waals surface area contributed by atoms with Gasteiger partial charge in [-0.1, -0.05) is 381 Å². The topological polar surface area (TPSA) is 72.8 Å². The Morgan fingerprint density at radius 3 is 0.698 bits per heavy atom. The Labute approximate surface area is 536 Å². The lowest BCUT2D eigenvalue weighted by molar-refractivity contribution is -0.161. The molecule has 0 bridgehead atoms. The summed E-state index contributed by atoms with van der Waals surface area (Å²) in [5, 5.41) is 9.72. The summed E-state index contributed by atoms with van der Waals surface area (Å²) in [6.07, 6.45) is 109. The highest BCUT2D eigenvalue weighted by atomic mass is 16.6. The molecular formula is C81H144O5. The smallest absolute Gasteiger partial charge is 0.306 e. The van der Waals surface area contributed by atoms with Gasteiger partial charge in [0.2, 0.25) is 0 Å². The van der Waals surface area contributed by atoms with Gasteiger partial charge in [0.25, 0.3) is 0 Å². The standard InChI is InChI=1S/C81H144O5/c1-3-5-7-9-11-13-15-17-19-21-23-25-27-29-31-33-35-37-39-40-42-44-46-48-50-52-54-56-58-60-62-64-66-68-70-72-74-76-81(84)86-79(77-82)78-85-80(83)75-73-71-69-67-65-63-61-59-57-55-53-51-49-47-45-43-41-38-36-34-32-30-28-26-24-22-20-18-16-14-12-10-8-6-4-2/h5-8,11-14,17-20,23-26,79,82H,3-4,9-10,15-16,21-22,27-78H2,1-2H3/b7-5-,8-6-,13-11-,14-12-,19-17-,20-18-,25-23-,26-24-. The van der Waals surface area contributed by atoms with E-state index in [-0.39, 0.29) is 25.2 Å². The third kappa shape index (κ3) is 73.3. The van der Waals surface area contributed by atoms with Crippen molar-refractivity contribution >= 4 is 11.9 Å². The summed E-state index contributed by atoms with van der Waals surface area (Å²) >= 11 is 0. The molecule has 0 saturated carbocycles. The molecule has 1 unspecified atom stereocenters. The second kappa shape index (κ2) is 76.1. The van der Waals surface area contributed by atoms with Crippen molar-refractivity contribution in [1.29, 1.82) is 0 Å². The Kier molecular flexibility index (Phi) is 73.3. The Bertz CT molecular complexity index is 1600. The van der Waals surface area contributed by atoms with Crippen molar-refractivity contribution < 1.29 is 24.2 Å². The van der Waals surface area contributed by atoms with Gasteiger partial charge in [-0.3, -0.25) is 9.59 Å². The minimum atomic E-state index is -0.773. The number of unbranched alkanes of at least 4 members (excludes halogenated alkanes) is 46. The van der Waals surface area contributed by atoms with E-state index in [4.69, 9.17) is 9.47 Å². The highest BCUT2D eigenvalue weighted by Gasteiger charge is 2.16. The quantitative estimate of drug-likeness (QED) is 0.0373. The molecule has 0 aromatic carbocycles. The molecule has 86 heavy (non-hydrogen) atoms. The Hall–Kier alpha value is -3.18. The van der Waals surface area contributed by atoms with E-state index >= 15 is 0 Å². The number of hydrogen-bond acceptors (Lipinski definition) is 5. The van der Waals surface area contributed by atoms with E-state index in [1.807, 2.05) is 0 Å². The highest BCUT2D eigenvalue weighted by Crippen LogP contribution is 2.19. The number of ether oxygens (including phenoxy) is 2. The molecule has 1 N–H and O–H groups in total. The van der Waals surface area contributed by atoms with Crippen LogP contribution in [0.3, 0.4) is 0 Å². The summed E-state index contributed by atoms with van der Waals surface area (Å²) in [7, 11) is 0. The molecule has 0 heterocycles. The number of carbonyl (C=O) groups excluding carboxylic acids is 2. The monoisotopic (exact) mass is 1200 g/mol. The minimum Gasteiger partial charge on any atom is -0.462 e. The second-order valence-corrected chi connectivity index (χ2v) is 25.3. The first-order valence-electron chi connectivity index (χ1n) is 37.8. The largest absolute Gasteiger partial charge is 0.462 e. The number of hydrogen-bond donors (Lipinski definition) is 1. The number of allylic oxidation sites excluding steroid dienone is 16. The fraction of sp³-hybridized carbons (Fsp3) is 0.778. The first-order chi connectivity index (χ1) is 42.6. The maximum atomic E-state index is 12.4. The lowest BCUT2D eigenvalue weighted by atomic mass is 10.0. The average Bonchev–Trinajstić information content (AvgIpc) is 3.53. The van der Waals surface area contributed by atoms with Gasteiger partial charge in [0.1, 0.15) is 6.61 Å². The molecule has 498 valence electrons. The molecule has 0 rings (SSSR count). The fourth-order valence-electron chi connectivity index (χ4n) is 11.3. The van der Waals surface area contributed by atoms with Crippen LogP contribution in [0.15, 0.2) is 97.2 Å². The number of aliphatic hydroxyl groups excluding tert-OH is 1. The minimum absolute atomic E-state index is 0.0620. The Morgan fingerprint density at radius 1 is 0.267 bits per heavy atom. The van der Waals surface area contributed by atoms with Crippen LogP contribution in [-0.4, -0.2) is 36.4 Å². The van der Waals surface area contributed by atoms with E-state index in [1.165, 1.54) is 270 Å². The van der Waals surface area contributed by atoms with Crippen LogP contribution in [0.4, 0.5) is 0 Å². The fourth-order valence-corrected chi connectivity index (χ4v) is 11.3. The van der Waals surface area contributed by atoms with Gasteiger partial charge in [0.15, 0.2) is 6.10 Å². The SMILES string of the molecule is CC/C=C\C/C=C\C/C=C\C/C=C\CCCCCCCCCCCCCCCCCCCCCCCCCCC(=O)OC(CO)COC(=O)CCCCCCCCCCCCCCCCCCCCCCCC/C=C\C/C=C\C/C=C\C/C=C\CC. The first-order valence-corrected chi connectivity index (χ1v) is 37.8. The van der Waals surface area contributed by atoms with Crippen LogP contribution in [0.1, 0.15) is 386 Å². The highest BCUT2D eigenvalue weighted by molar-refractivity contribution is 5.70. The van der Waals surface area contributed by atoms with E-state index in [1.54, 1.807) is 0 Å². The van der Waals surface area contributed by atoms with Gasteiger partial charge in [0, 0.05) is 12.8 Å². The summed E-state index contributed by atoms with van der Waals surface area (Å²) < 4.78 is 10.8. The molecule has 0 aliphatic rings. The third-order valence-corrected chi connectivity index (χ3v) is 16.9. The lowest BCUT2D eigenvalue weighted by Crippen LogP contribution is -2.28. The molecule has 0 saturated heterocycles. The van der Waals surface area contributed by atoms with Crippen molar-refractivity contribution in [3.8, 4) is 0 Å². The third-order valence-electron chi connectivity index (χ3n) is 16.9. The van der Waals surface area contributed by atoms with E-state index in [0.717, 1.165) is 89.9 Å². The van der Waals surface area contributed by atoms with Crippen molar-refractivity contribution in [2.24, 2.45) is 0 Å². The summed E-state index contributed by atoms with van der Waals surface area (Å²) in [5.41, 5.74) is 0. The van der Waals surface area contributed by atoms with Crippen molar-refractivity contribution in [2.45, 2.75) is 392 Å². The van der Waals surface area contributed by atoms with Gasteiger partial charge in [0.05, 0.1) is 6.61 Å². The predicted molar refractivity (Wildman–Crippen MR) is 380 cm³/mol. The Morgan fingerprint density at radius 2 is 0.465 bits per heavy atom. The lowest BCUT2D eigenvalue weighted by Gasteiger charge is -2.15. The average molecular weight is 1200 g/mol. The van der Waals surface area contributed by atoms with Crippen LogP contribution in [0.25, 0.3) is 0 Å². The zero-order valence-electron chi connectivity index (χ0n) is 57.3. The van der Waals surface area contributed by atoms with Crippen LogP contribution in [0.5, 0.6) is 0 Å². The van der Waals surface area contributed by atoms with E-state index < -0.39 is 6.10 Å². The van der Waals surface area contributed by atoms with E-state index in [9.17, 15) is 14.7 Å². The summed E-state index contributed by atoms with van der Waals surface area (Å²) in [6, 6.07) is 0. The molecular weight excluding hydrogens is 1050 g/mol. The molecule has 0 fully saturated rings. The molecule has 5 heteroatoms. The van der Waals surface area contributed by atoms with Crippen molar-refractivity contribution in [2.75, 3.05) is 13.2 Å². The van der Waals surface area contributed by atoms with Crippen LogP contribution >= 0.6 is 0 Å². The molecule has 0 spiro atoms. The molecule has 5 nitrogen and oxygen atoms in total. The van der Waals surface area contributed by atoms with Crippen LogP contribution < -0.4 is 0 Å². The maximum absolute atomic E-state index is 12.4. The zero-order chi connectivity index (χ0) is 61.9. The molecule has 0 aromatic heterocycles. The van der Waals surface area contributed by atoms with Gasteiger partial charge in [-0.15, -0.1) is 0 Å². The van der Waals surface area contributed by atoms with Crippen LogP contribution in [0.2, 0.25) is 0 Å². The number of aliphatic hydroxyl groups is 1. The zero-order valence-corrected chi connectivity index (χ0v) is 57.3. The summed E-state index contributed by atoms with van der Waals surface area (Å²) in [4.78, 5) is 24.7. The summed E-state index contributed by atoms with van der Waals surface area (Å²) in [5.74, 6) is -0.569. The van der Waals surface area contributed by atoms with Gasteiger partial charge in [-0.2, -0.15) is 0 Å². The molecule has 0 aliphatic carbocycles. The van der Waals surface area contributed by atoms with E-state index in [2.05, 4.69) is 111 Å². The van der Waals surface area contributed by atoms with E-state index in [0.29, 0.717) is 12.8 Å². The summed E-state index contributed by atoms with van der Waals surface area (Å²) in [6.45, 7) is 3.96. The first kappa shape index (κ1) is 82.8. The van der Waals surface area contributed by atoms with Crippen molar-refractivity contribution in [3.63, 3.8) is 0 Å². The predicted octanol–water partition coefficient (Wildman–Crippen LogP) is 26.5. The maximum Gasteiger partial charge on any atom is 0.306 e. The van der Waals surface area contributed by atoms with Crippen molar-refractivity contribution in [1.82, 2.24) is 0 Å². The molecule has 0 aliphatic heterocycles. The number of rotatable bonds is 70. The normalized spacial score (nSPS) is 12.7. The van der Waals surface area contributed by atoms with Gasteiger partial charge in [-0.25, -0.2) is 0 Å². The van der Waals surface area contributed by atoms with Gasteiger partial charge >= 0.3 is 11.9 Å². The van der Waals surface area contributed by atoms with Gasteiger partial charge in [-0.05, 0) is 89.9 Å². The molecule has 1 atom stereocenters. The molecule has 0 aromatic rings. The van der Waals surface area contributed by atoms with Crippen LogP contribution in [-0.2, 0) is 19.1 Å². The molecule has 0 radical (unpaired) electrons. The number of esters is 2. The number of carbonyl (C=O) groups is 2. The Balaban J connectivity index is 3.39. The van der Waals surface area contributed by atoms with Gasteiger partial charge < -0.3 is 14.6 Å². The molecule has 0 amide bonds.